The number of amides is 1. The van der Waals surface area contributed by atoms with Crippen LogP contribution in [0.5, 0.6) is 0 Å². The lowest BCUT2D eigenvalue weighted by atomic mass is 9.54. The number of hydrogen-bond acceptors (Lipinski definition) is 4. The van der Waals surface area contributed by atoms with E-state index >= 15 is 0 Å². The van der Waals surface area contributed by atoms with E-state index in [0.717, 1.165) is 73.7 Å². The zero-order valence-corrected chi connectivity index (χ0v) is 28.4. The van der Waals surface area contributed by atoms with Gasteiger partial charge < -0.3 is 20.5 Å². The zero-order chi connectivity index (χ0) is 30.3. The molecule has 0 aliphatic heterocycles. The highest BCUT2D eigenvalue weighted by molar-refractivity contribution is 5.76. The first-order valence-corrected chi connectivity index (χ1v) is 18.3. The predicted molar refractivity (Wildman–Crippen MR) is 174 cm³/mol. The number of ether oxygens (including phenoxy) is 1. The van der Waals surface area contributed by atoms with Gasteiger partial charge in [-0.25, -0.2) is 0 Å². The molecule has 10 unspecified atom stereocenters. The first kappa shape index (κ1) is 34.2. The van der Waals surface area contributed by atoms with Crippen LogP contribution in [0.1, 0.15) is 144 Å². The van der Waals surface area contributed by atoms with Gasteiger partial charge >= 0.3 is 0 Å². The van der Waals surface area contributed by atoms with Crippen molar-refractivity contribution >= 4 is 5.91 Å². The maximum absolute atomic E-state index is 12.3. The standard InChI is InChI=1S/C37H68N2O3/c1-26(2)12-7-8-14-32-27(3)22-34-31-24-29-23-30(16-18-36(29,5)33(31)17-19-37(32,34)6)38-20-10-9-15-35(41)39-28(4)13-11-21-42-25-40/h26-34,38,40H,7-25H2,1-6H3,(H,39,41). The third-order valence-corrected chi connectivity index (χ3v) is 13.2. The van der Waals surface area contributed by atoms with Gasteiger partial charge in [0.15, 0.2) is 0 Å². The average Bonchev–Trinajstić information content (AvgIpc) is 3.37. The Morgan fingerprint density at radius 1 is 0.929 bits per heavy atom. The molecular weight excluding hydrogens is 520 g/mol. The molecule has 1 amide bonds. The van der Waals surface area contributed by atoms with Crippen molar-refractivity contribution in [2.45, 2.75) is 156 Å². The molecule has 0 aromatic rings. The van der Waals surface area contributed by atoms with Crippen LogP contribution in [0.3, 0.4) is 0 Å². The number of aliphatic hydroxyl groups is 1. The summed E-state index contributed by atoms with van der Waals surface area (Å²) < 4.78 is 4.97. The fourth-order valence-electron chi connectivity index (χ4n) is 10.9. The summed E-state index contributed by atoms with van der Waals surface area (Å²) in [4.78, 5) is 12.3. The summed E-state index contributed by atoms with van der Waals surface area (Å²) in [5, 5.41) is 15.7. The Morgan fingerprint density at radius 2 is 1.71 bits per heavy atom. The quantitative estimate of drug-likeness (QED) is 0.119. The smallest absolute Gasteiger partial charge is 0.220 e. The van der Waals surface area contributed by atoms with Crippen LogP contribution in [-0.2, 0) is 9.53 Å². The van der Waals surface area contributed by atoms with Gasteiger partial charge in [-0.3, -0.25) is 4.79 Å². The van der Waals surface area contributed by atoms with Crippen molar-refractivity contribution in [2.75, 3.05) is 19.9 Å². The summed E-state index contributed by atoms with van der Waals surface area (Å²) in [6.07, 6.45) is 20.3. The minimum Gasteiger partial charge on any atom is -0.371 e. The second-order valence-corrected chi connectivity index (χ2v) is 16.4. The summed E-state index contributed by atoms with van der Waals surface area (Å²) in [5.74, 6) is 6.70. The number of unbranched alkanes of at least 4 members (excludes halogenated alkanes) is 2. The maximum atomic E-state index is 12.3. The Kier molecular flexibility index (Phi) is 12.7. The molecule has 4 fully saturated rings. The van der Waals surface area contributed by atoms with Gasteiger partial charge in [0.1, 0.15) is 6.79 Å². The number of hydrogen-bond donors (Lipinski definition) is 3. The molecule has 5 nitrogen and oxygen atoms in total. The van der Waals surface area contributed by atoms with E-state index in [1.165, 1.54) is 70.6 Å². The minimum atomic E-state index is -0.227. The number of carbonyl (C=O) groups excluding carboxylic acids is 1. The SMILES string of the molecule is CC(C)CCCCC1C(C)CC2C3CC4CC(NCCCCC(=O)NC(C)CCCOCO)CCC4(C)C3CCC12C. The number of rotatable bonds is 17. The Bertz CT molecular complexity index is 834. The number of aliphatic hydroxyl groups excluding tert-OH is 1. The van der Waals surface area contributed by atoms with Crippen LogP contribution in [0.25, 0.3) is 0 Å². The van der Waals surface area contributed by atoms with Crippen molar-refractivity contribution in [3.63, 3.8) is 0 Å². The molecule has 4 rings (SSSR count). The molecule has 5 heteroatoms. The lowest BCUT2D eigenvalue weighted by Gasteiger charge is -2.51. The van der Waals surface area contributed by atoms with Crippen molar-refractivity contribution in [3.8, 4) is 0 Å². The zero-order valence-electron chi connectivity index (χ0n) is 28.4. The predicted octanol–water partition coefficient (Wildman–Crippen LogP) is 8.10. The van der Waals surface area contributed by atoms with Crippen LogP contribution < -0.4 is 10.6 Å². The van der Waals surface area contributed by atoms with E-state index in [0.29, 0.717) is 29.9 Å². The lowest BCUT2D eigenvalue weighted by molar-refractivity contribution is -0.121. The van der Waals surface area contributed by atoms with E-state index in [4.69, 9.17) is 9.84 Å². The molecular formula is C37H68N2O3. The Hall–Kier alpha value is -0.650. The molecule has 0 aromatic carbocycles. The molecule has 4 aliphatic rings. The molecule has 4 saturated carbocycles. The van der Waals surface area contributed by atoms with Gasteiger partial charge in [0.2, 0.25) is 5.91 Å². The van der Waals surface area contributed by atoms with Crippen molar-refractivity contribution in [3.05, 3.63) is 0 Å². The summed E-state index contributed by atoms with van der Waals surface area (Å²) >= 11 is 0. The Labute approximate surface area is 259 Å². The fraction of sp³-hybridized carbons (Fsp3) is 0.973. The highest BCUT2D eigenvalue weighted by Gasteiger charge is 2.63. The second kappa shape index (κ2) is 15.6. The minimum absolute atomic E-state index is 0.162. The van der Waals surface area contributed by atoms with Crippen molar-refractivity contribution in [1.82, 2.24) is 10.6 Å². The maximum Gasteiger partial charge on any atom is 0.220 e. The number of carbonyl (C=O) groups is 1. The van der Waals surface area contributed by atoms with Gasteiger partial charge in [0, 0.05) is 25.1 Å². The largest absolute Gasteiger partial charge is 0.371 e. The van der Waals surface area contributed by atoms with Crippen molar-refractivity contribution < 1.29 is 14.6 Å². The van der Waals surface area contributed by atoms with Crippen LogP contribution in [0.15, 0.2) is 0 Å². The van der Waals surface area contributed by atoms with Gasteiger partial charge in [-0.15, -0.1) is 0 Å². The molecule has 3 N–H and O–H groups in total. The van der Waals surface area contributed by atoms with Gasteiger partial charge in [-0.05, 0) is 143 Å². The van der Waals surface area contributed by atoms with Gasteiger partial charge in [0.25, 0.3) is 0 Å². The summed E-state index contributed by atoms with van der Waals surface area (Å²) in [5.41, 5.74) is 1.17. The van der Waals surface area contributed by atoms with E-state index in [1.54, 1.807) is 0 Å². The lowest BCUT2D eigenvalue weighted by Crippen LogP contribution is -2.45. The molecule has 4 aliphatic carbocycles. The van der Waals surface area contributed by atoms with E-state index in [1.807, 2.05) is 0 Å². The third-order valence-electron chi connectivity index (χ3n) is 13.2. The van der Waals surface area contributed by atoms with E-state index in [9.17, 15) is 4.79 Å². The monoisotopic (exact) mass is 589 g/mol. The van der Waals surface area contributed by atoms with E-state index in [2.05, 4.69) is 52.2 Å². The molecule has 0 radical (unpaired) electrons. The highest BCUT2D eigenvalue weighted by Crippen LogP contribution is 2.70. The highest BCUT2D eigenvalue weighted by atomic mass is 16.6. The molecule has 0 bridgehead atoms. The molecule has 0 heterocycles. The van der Waals surface area contributed by atoms with Gasteiger partial charge in [0.05, 0.1) is 0 Å². The molecule has 0 saturated heterocycles. The summed E-state index contributed by atoms with van der Waals surface area (Å²) in [6.45, 7) is 16.2. The van der Waals surface area contributed by atoms with Crippen LogP contribution >= 0.6 is 0 Å². The molecule has 10 atom stereocenters. The van der Waals surface area contributed by atoms with Crippen molar-refractivity contribution in [2.24, 2.45) is 52.3 Å². The molecule has 0 spiro atoms. The van der Waals surface area contributed by atoms with Crippen LogP contribution in [0.2, 0.25) is 0 Å². The normalized spacial score (nSPS) is 38.2. The first-order chi connectivity index (χ1) is 20.1. The van der Waals surface area contributed by atoms with Crippen LogP contribution in [0.4, 0.5) is 0 Å². The number of nitrogens with one attached hydrogen (secondary N) is 2. The van der Waals surface area contributed by atoms with E-state index in [-0.39, 0.29) is 18.7 Å². The third kappa shape index (κ3) is 8.13. The van der Waals surface area contributed by atoms with Crippen LogP contribution in [-0.4, -0.2) is 43.0 Å². The fourth-order valence-corrected chi connectivity index (χ4v) is 10.9. The van der Waals surface area contributed by atoms with Gasteiger partial charge in [-0.2, -0.15) is 0 Å². The summed E-state index contributed by atoms with van der Waals surface area (Å²) in [6, 6.07) is 0.830. The van der Waals surface area contributed by atoms with E-state index < -0.39 is 0 Å². The molecule has 244 valence electrons. The topological polar surface area (TPSA) is 70.6 Å². The first-order valence-electron chi connectivity index (χ1n) is 18.3. The Morgan fingerprint density at radius 3 is 2.48 bits per heavy atom. The molecule has 0 aromatic heterocycles. The van der Waals surface area contributed by atoms with Gasteiger partial charge in [-0.1, -0.05) is 53.9 Å². The second-order valence-electron chi connectivity index (χ2n) is 16.4. The Balaban J connectivity index is 1.18. The number of fused-ring (bicyclic) bond motifs is 5. The summed E-state index contributed by atoms with van der Waals surface area (Å²) in [7, 11) is 0. The average molecular weight is 589 g/mol. The molecule has 42 heavy (non-hydrogen) atoms. The van der Waals surface area contributed by atoms with Crippen LogP contribution in [0, 0.1) is 52.3 Å². The van der Waals surface area contributed by atoms with Crippen molar-refractivity contribution in [1.29, 1.82) is 0 Å².